The molecular formula is C20H23FN6. The van der Waals surface area contributed by atoms with Crippen LogP contribution in [0.5, 0.6) is 0 Å². The number of nitrogens with one attached hydrogen (secondary N) is 1. The van der Waals surface area contributed by atoms with Gasteiger partial charge in [0.15, 0.2) is 5.65 Å². The average molecular weight is 366 g/mol. The largest absolute Gasteiger partial charge is 0.351 e. The minimum Gasteiger partial charge on any atom is -0.351 e. The standard InChI is InChI=1S/C20H23FN6/c1-12(15-9-22-19(25-13(15)2)23-11-20(3,4)21)17-7-8-27-18(26-17)16(10-24-27)14-5-6-14/h7-10,14H,1,5-6,11H2,2-4H3,(H,22,23,25). The van der Waals surface area contributed by atoms with Crippen LogP contribution >= 0.6 is 0 Å². The third kappa shape index (κ3) is 3.67. The quantitative estimate of drug-likeness (QED) is 0.716. The first kappa shape index (κ1) is 17.6. The van der Waals surface area contributed by atoms with E-state index < -0.39 is 5.67 Å². The zero-order valence-corrected chi connectivity index (χ0v) is 15.8. The Balaban J connectivity index is 1.60. The van der Waals surface area contributed by atoms with Crippen LogP contribution in [0.3, 0.4) is 0 Å². The fourth-order valence-corrected chi connectivity index (χ4v) is 3.01. The van der Waals surface area contributed by atoms with E-state index in [0.29, 0.717) is 11.9 Å². The summed E-state index contributed by atoms with van der Waals surface area (Å²) >= 11 is 0. The van der Waals surface area contributed by atoms with Crippen molar-refractivity contribution in [1.29, 1.82) is 0 Å². The van der Waals surface area contributed by atoms with Crippen LogP contribution in [0.15, 0.2) is 31.2 Å². The summed E-state index contributed by atoms with van der Waals surface area (Å²) in [6.45, 7) is 9.26. The maximum Gasteiger partial charge on any atom is 0.222 e. The molecule has 3 aromatic heterocycles. The van der Waals surface area contributed by atoms with Gasteiger partial charge in [-0.2, -0.15) is 5.10 Å². The second kappa shape index (κ2) is 6.40. The molecule has 1 fully saturated rings. The summed E-state index contributed by atoms with van der Waals surface area (Å²) in [7, 11) is 0. The van der Waals surface area contributed by atoms with Gasteiger partial charge in [0.1, 0.15) is 5.67 Å². The number of alkyl halides is 1. The summed E-state index contributed by atoms with van der Waals surface area (Å²) in [6.07, 6.45) is 7.93. The number of hydrogen-bond donors (Lipinski definition) is 1. The van der Waals surface area contributed by atoms with E-state index in [4.69, 9.17) is 4.98 Å². The number of rotatable bonds is 6. The Morgan fingerprint density at radius 2 is 2.11 bits per heavy atom. The molecule has 27 heavy (non-hydrogen) atoms. The van der Waals surface area contributed by atoms with E-state index in [9.17, 15) is 4.39 Å². The zero-order valence-electron chi connectivity index (χ0n) is 15.8. The van der Waals surface area contributed by atoms with Crippen LogP contribution in [-0.4, -0.2) is 36.8 Å². The Bertz CT molecular complexity index is 1010. The molecule has 6 nitrogen and oxygen atoms in total. The van der Waals surface area contributed by atoms with Crippen molar-refractivity contribution >= 4 is 17.2 Å². The van der Waals surface area contributed by atoms with Crippen LogP contribution in [0.1, 0.15) is 55.1 Å². The maximum atomic E-state index is 13.7. The van der Waals surface area contributed by atoms with Crippen molar-refractivity contribution in [1.82, 2.24) is 24.6 Å². The lowest BCUT2D eigenvalue weighted by Crippen LogP contribution is -2.25. The van der Waals surface area contributed by atoms with Crippen molar-refractivity contribution < 1.29 is 4.39 Å². The fourth-order valence-electron chi connectivity index (χ4n) is 3.01. The van der Waals surface area contributed by atoms with Crippen molar-refractivity contribution in [3.63, 3.8) is 0 Å². The highest BCUT2D eigenvalue weighted by molar-refractivity contribution is 5.77. The van der Waals surface area contributed by atoms with Gasteiger partial charge < -0.3 is 5.32 Å². The van der Waals surface area contributed by atoms with Crippen LogP contribution in [0, 0.1) is 6.92 Å². The number of aromatic nitrogens is 5. The normalized spacial score (nSPS) is 14.5. The van der Waals surface area contributed by atoms with Gasteiger partial charge in [-0.05, 0) is 45.6 Å². The highest BCUT2D eigenvalue weighted by atomic mass is 19.1. The summed E-state index contributed by atoms with van der Waals surface area (Å²) in [6, 6.07) is 1.90. The summed E-state index contributed by atoms with van der Waals surface area (Å²) in [4.78, 5) is 13.5. The van der Waals surface area contributed by atoms with E-state index in [2.05, 4.69) is 27.0 Å². The molecule has 0 aromatic carbocycles. The smallest absolute Gasteiger partial charge is 0.222 e. The summed E-state index contributed by atoms with van der Waals surface area (Å²) < 4.78 is 15.5. The first-order chi connectivity index (χ1) is 12.8. The van der Waals surface area contributed by atoms with E-state index in [1.165, 1.54) is 32.3 Å². The van der Waals surface area contributed by atoms with Gasteiger partial charge >= 0.3 is 0 Å². The maximum absolute atomic E-state index is 13.7. The SMILES string of the molecule is C=C(c1ccn2ncc(C3CC3)c2n1)c1cnc(NCC(C)(C)F)nc1C. The summed E-state index contributed by atoms with van der Waals surface area (Å²) in [5.74, 6) is 0.985. The predicted octanol–water partition coefficient (Wildman–Crippen LogP) is 3.93. The molecule has 7 heteroatoms. The van der Waals surface area contributed by atoms with Crippen molar-refractivity contribution in [2.45, 2.75) is 45.2 Å². The van der Waals surface area contributed by atoms with E-state index in [-0.39, 0.29) is 6.54 Å². The molecule has 0 radical (unpaired) electrons. The Labute approximate surface area is 157 Å². The van der Waals surface area contributed by atoms with Crippen molar-refractivity contribution in [3.8, 4) is 0 Å². The molecule has 140 valence electrons. The Morgan fingerprint density at radius 1 is 1.33 bits per heavy atom. The molecule has 3 aromatic rings. The zero-order chi connectivity index (χ0) is 19.2. The molecule has 0 amide bonds. The van der Waals surface area contributed by atoms with Crippen LogP contribution in [0.25, 0.3) is 11.2 Å². The Morgan fingerprint density at radius 3 is 2.78 bits per heavy atom. The van der Waals surface area contributed by atoms with Gasteiger partial charge in [0.25, 0.3) is 0 Å². The topological polar surface area (TPSA) is 68.0 Å². The monoisotopic (exact) mass is 366 g/mol. The third-order valence-electron chi connectivity index (χ3n) is 4.69. The lowest BCUT2D eigenvalue weighted by Gasteiger charge is -2.15. The van der Waals surface area contributed by atoms with Gasteiger partial charge in [0.2, 0.25) is 5.95 Å². The number of aryl methyl sites for hydroxylation is 1. The van der Waals surface area contributed by atoms with Gasteiger partial charge in [-0.3, -0.25) is 0 Å². The second-order valence-corrected chi connectivity index (χ2v) is 7.70. The van der Waals surface area contributed by atoms with Crippen LogP contribution < -0.4 is 5.32 Å². The molecule has 1 aliphatic carbocycles. The van der Waals surface area contributed by atoms with Gasteiger partial charge in [-0.25, -0.2) is 23.9 Å². The molecule has 1 saturated carbocycles. The number of fused-ring (bicyclic) bond motifs is 1. The molecule has 0 spiro atoms. The molecule has 0 unspecified atom stereocenters. The molecule has 1 N–H and O–H groups in total. The van der Waals surface area contributed by atoms with Crippen molar-refractivity contribution in [2.24, 2.45) is 0 Å². The molecular weight excluding hydrogens is 343 g/mol. The highest BCUT2D eigenvalue weighted by Crippen LogP contribution is 2.41. The molecule has 3 heterocycles. The highest BCUT2D eigenvalue weighted by Gasteiger charge is 2.27. The van der Waals surface area contributed by atoms with Gasteiger partial charge in [-0.1, -0.05) is 6.58 Å². The summed E-state index contributed by atoms with van der Waals surface area (Å²) in [5.41, 5.74) is 3.89. The molecule has 0 aliphatic heterocycles. The number of hydrogen-bond acceptors (Lipinski definition) is 5. The van der Waals surface area contributed by atoms with E-state index in [1.807, 2.05) is 25.4 Å². The Kier molecular flexibility index (Phi) is 4.17. The second-order valence-electron chi connectivity index (χ2n) is 7.70. The first-order valence-corrected chi connectivity index (χ1v) is 9.12. The minimum absolute atomic E-state index is 0.149. The van der Waals surface area contributed by atoms with Crippen LogP contribution in [0.4, 0.5) is 10.3 Å². The van der Waals surface area contributed by atoms with Crippen LogP contribution in [0.2, 0.25) is 0 Å². The van der Waals surface area contributed by atoms with Gasteiger partial charge in [0.05, 0.1) is 24.1 Å². The van der Waals surface area contributed by atoms with Gasteiger partial charge in [-0.15, -0.1) is 0 Å². The molecule has 4 rings (SSSR count). The van der Waals surface area contributed by atoms with E-state index >= 15 is 0 Å². The molecule has 1 aliphatic rings. The molecule has 0 saturated heterocycles. The number of nitrogens with zero attached hydrogens (tertiary/aromatic N) is 5. The summed E-state index contributed by atoms with van der Waals surface area (Å²) in [5, 5.41) is 7.31. The molecule has 0 atom stereocenters. The lowest BCUT2D eigenvalue weighted by atomic mass is 10.0. The van der Waals surface area contributed by atoms with E-state index in [0.717, 1.165) is 28.2 Å². The predicted molar refractivity (Wildman–Crippen MR) is 104 cm³/mol. The van der Waals surface area contributed by atoms with Gasteiger partial charge in [0, 0.05) is 29.1 Å². The first-order valence-electron chi connectivity index (χ1n) is 9.12. The van der Waals surface area contributed by atoms with Crippen molar-refractivity contribution in [3.05, 3.63) is 53.8 Å². The Hall–Kier alpha value is -2.83. The van der Waals surface area contributed by atoms with Crippen molar-refractivity contribution in [2.75, 3.05) is 11.9 Å². The molecule has 0 bridgehead atoms. The van der Waals surface area contributed by atoms with Crippen LogP contribution in [-0.2, 0) is 0 Å². The third-order valence-corrected chi connectivity index (χ3v) is 4.69. The average Bonchev–Trinajstić information content (AvgIpc) is 3.38. The number of anilines is 1. The fraction of sp³-hybridized carbons (Fsp3) is 0.400. The van der Waals surface area contributed by atoms with E-state index in [1.54, 1.807) is 10.7 Å². The number of halogens is 1. The lowest BCUT2D eigenvalue weighted by molar-refractivity contribution is 0.234. The minimum atomic E-state index is -1.33.